The summed E-state index contributed by atoms with van der Waals surface area (Å²) in [5, 5.41) is 3.50. The van der Waals surface area contributed by atoms with Crippen LogP contribution in [-0.4, -0.2) is 37.5 Å². The molecule has 2 rings (SSSR count). The minimum atomic E-state index is -0.331. The van der Waals surface area contributed by atoms with E-state index in [1.165, 1.54) is 17.7 Å². The Morgan fingerprint density at radius 1 is 1.48 bits per heavy atom. The lowest BCUT2D eigenvalue weighted by atomic mass is 10.2. The number of benzene rings is 1. The first kappa shape index (κ1) is 16.2. The number of carbonyl (C=O) groups excluding carboxylic acids is 1. The van der Waals surface area contributed by atoms with Crippen LogP contribution in [0.2, 0.25) is 0 Å². The second-order valence-electron chi connectivity index (χ2n) is 5.13. The van der Waals surface area contributed by atoms with E-state index in [4.69, 9.17) is 9.47 Å². The number of nitrogens with one attached hydrogen (secondary N) is 1. The van der Waals surface area contributed by atoms with Crippen LogP contribution in [0.25, 0.3) is 0 Å². The Bertz CT molecular complexity index is 473. The molecule has 116 valence electrons. The molecule has 1 aliphatic rings. The maximum absolute atomic E-state index is 11.3. The number of hydrogen-bond acceptors (Lipinski definition) is 5. The van der Waals surface area contributed by atoms with Gasteiger partial charge in [-0.3, -0.25) is 0 Å². The van der Waals surface area contributed by atoms with Crippen LogP contribution in [0.1, 0.15) is 25.3 Å². The van der Waals surface area contributed by atoms with Crippen molar-refractivity contribution in [2.45, 2.75) is 37.6 Å². The minimum Gasteiger partial charge on any atom is -0.482 e. The van der Waals surface area contributed by atoms with Gasteiger partial charge in [0.1, 0.15) is 5.75 Å². The fraction of sp³-hybridized carbons (Fsp3) is 0.562. The van der Waals surface area contributed by atoms with E-state index >= 15 is 0 Å². The monoisotopic (exact) mass is 309 g/mol. The third-order valence-electron chi connectivity index (χ3n) is 3.41. The van der Waals surface area contributed by atoms with E-state index in [-0.39, 0.29) is 12.6 Å². The van der Waals surface area contributed by atoms with Crippen LogP contribution in [0.3, 0.4) is 0 Å². The molecule has 1 aromatic carbocycles. The lowest BCUT2D eigenvalue weighted by Gasteiger charge is -2.12. The molecule has 0 radical (unpaired) electrons. The quantitative estimate of drug-likeness (QED) is 0.620. The lowest BCUT2D eigenvalue weighted by molar-refractivity contribution is -0.145. The summed E-state index contributed by atoms with van der Waals surface area (Å²) in [5.74, 6) is 1.51. The summed E-state index contributed by atoms with van der Waals surface area (Å²) in [5.41, 5.74) is 1.05. The second kappa shape index (κ2) is 8.29. The van der Waals surface area contributed by atoms with Crippen molar-refractivity contribution in [2.24, 2.45) is 0 Å². The molecule has 0 aromatic heterocycles. The summed E-state index contributed by atoms with van der Waals surface area (Å²) in [6, 6.07) is 6.72. The summed E-state index contributed by atoms with van der Waals surface area (Å²) >= 11 is 1.86. The molecule has 1 saturated heterocycles. The van der Waals surface area contributed by atoms with Crippen molar-refractivity contribution in [2.75, 3.05) is 25.5 Å². The molecule has 21 heavy (non-hydrogen) atoms. The Hall–Kier alpha value is -1.20. The molecule has 1 fully saturated rings. The van der Waals surface area contributed by atoms with Gasteiger partial charge in [-0.1, -0.05) is 0 Å². The van der Waals surface area contributed by atoms with E-state index in [0.29, 0.717) is 12.6 Å². The SMILES string of the molecule is CCOC(=O)COc1ccc(SCC2CCCN2)cc1C. The standard InChI is InChI=1S/C16H23NO3S/c1-3-19-16(18)10-20-15-7-6-14(9-12(15)2)21-11-13-5-4-8-17-13/h6-7,9,13,17H,3-5,8,10-11H2,1-2H3. The molecule has 0 spiro atoms. The molecule has 1 N–H and O–H groups in total. The molecule has 0 amide bonds. The van der Waals surface area contributed by atoms with Crippen LogP contribution >= 0.6 is 11.8 Å². The van der Waals surface area contributed by atoms with Crippen molar-refractivity contribution < 1.29 is 14.3 Å². The first-order valence-electron chi connectivity index (χ1n) is 7.44. The van der Waals surface area contributed by atoms with Gasteiger partial charge >= 0.3 is 5.97 Å². The summed E-state index contributed by atoms with van der Waals surface area (Å²) in [6.45, 7) is 5.27. The number of thioether (sulfide) groups is 1. The van der Waals surface area contributed by atoms with Gasteiger partial charge in [-0.25, -0.2) is 4.79 Å². The fourth-order valence-corrected chi connectivity index (χ4v) is 3.41. The lowest BCUT2D eigenvalue weighted by Crippen LogP contribution is -2.23. The molecule has 1 atom stereocenters. The van der Waals surface area contributed by atoms with Crippen molar-refractivity contribution in [3.63, 3.8) is 0 Å². The Labute approximate surface area is 130 Å². The average molecular weight is 309 g/mol. The van der Waals surface area contributed by atoms with Gasteiger partial charge in [0.05, 0.1) is 6.61 Å². The molecule has 1 heterocycles. The molecular formula is C16H23NO3S. The maximum Gasteiger partial charge on any atom is 0.344 e. The van der Waals surface area contributed by atoms with Crippen LogP contribution in [0.5, 0.6) is 5.75 Å². The van der Waals surface area contributed by atoms with Crippen LogP contribution in [0.4, 0.5) is 0 Å². The predicted molar refractivity (Wildman–Crippen MR) is 85.1 cm³/mol. The molecule has 0 bridgehead atoms. The van der Waals surface area contributed by atoms with Crippen molar-refractivity contribution in [3.8, 4) is 5.75 Å². The van der Waals surface area contributed by atoms with E-state index in [1.54, 1.807) is 6.92 Å². The molecule has 1 aromatic rings. The van der Waals surface area contributed by atoms with Crippen LogP contribution in [0, 0.1) is 6.92 Å². The number of ether oxygens (including phenoxy) is 2. The third kappa shape index (κ3) is 5.25. The second-order valence-corrected chi connectivity index (χ2v) is 6.22. The van der Waals surface area contributed by atoms with Gasteiger partial charge in [-0.05, 0) is 57.0 Å². The first-order chi connectivity index (χ1) is 10.2. The fourth-order valence-electron chi connectivity index (χ4n) is 2.31. The highest BCUT2D eigenvalue weighted by Crippen LogP contribution is 2.27. The van der Waals surface area contributed by atoms with Crippen molar-refractivity contribution in [1.82, 2.24) is 5.32 Å². The Balaban J connectivity index is 1.83. The van der Waals surface area contributed by atoms with Crippen molar-refractivity contribution in [1.29, 1.82) is 0 Å². The molecule has 0 saturated carbocycles. The highest BCUT2D eigenvalue weighted by molar-refractivity contribution is 7.99. The smallest absolute Gasteiger partial charge is 0.344 e. The van der Waals surface area contributed by atoms with Gasteiger partial charge in [0, 0.05) is 16.7 Å². The number of aryl methyl sites for hydroxylation is 1. The Morgan fingerprint density at radius 2 is 2.33 bits per heavy atom. The van der Waals surface area contributed by atoms with Crippen LogP contribution in [0.15, 0.2) is 23.1 Å². The van der Waals surface area contributed by atoms with E-state index in [9.17, 15) is 4.79 Å². The minimum absolute atomic E-state index is 0.0346. The summed E-state index contributed by atoms with van der Waals surface area (Å²) < 4.78 is 10.3. The average Bonchev–Trinajstić information content (AvgIpc) is 2.98. The number of hydrogen-bond donors (Lipinski definition) is 1. The van der Waals surface area contributed by atoms with Crippen molar-refractivity contribution in [3.05, 3.63) is 23.8 Å². The van der Waals surface area contributed by atoms with Gasteiger partial charge in [0.2, 0.25) is 0 Å². The van der Waals surface area contributed by atoms with E-state index in [0.717, 1.165) is 23.6 Å². The third-order valence-corrected chi connectivity index (χ3v) is 4.57. The summed E-state index contributed by atoms with van der Waals surface area (Å²) in [7, 11) is 0. The zero-order chi connectivity index (χ0) is 15.1. The number of esters is 1. The first-order valence-corrected chi connectivity index (χ1v) is 8.43. The maximum atomic E-state index is 11.3. The zero-order valence-corrected chi connectivity index (χ0v) is 13.5. The zero-order valence-electron chi connectivity index (χ0n) is 12.7. The van der Waals surface area contributed by atoms with E-state index in [2.05, 4.69) is 11.4 Å². The molecule has 0 aliphatic carbocycles. The molecule has 4 nitrogen and oxygen atoms in total. The Kier molecular flexibility index (Phi) is 6.39. The molecule has 1 aliphatic heterocycles. The molecular weight excluding hydrogens is 286 g/mol. The number of rotatable bonds is 7. The molecule has 1 unspecified atom stereocenters. The highest BCUT2D eigenvalue weighted by atomic mass is 32.2. The van der Waals surface area contributed by atoms with Crippen LogP contribution < -0.4 is 10.1 Å². The van der Waals surface area contributed by atoms with E-state index < -0.39 is 0 Å². The van der Waals surface area contributed by atoms with Gasteiger partial charge in [-0.15, -0.1) is 11.8 Å². The van der Waals surface area contributed by atoms with Gasteiger partial charge in [-0.2, -0.15) is 0 Å². The molecule has 5 heteroatoms. The van der Waals surface area contributed by atoms with Gasteiger partial charge in [0.15, 0.2) is 6.61 Å². The summed E-state index contributed by atoms with van der Waals surface area (Å²) in [6.07, 6.45) is 2.55. The highest BCUT2D eigenvalue weighted by Gasteiger charge is 2.14. The van der Waals surface area contributed by atoms with Gasteiger partial charge < -0.3 is 14.8 Å². The normalized spacial score (nSPS) is 17.7. The number of carbonyl (C=O) groups is 1. The Morgan fingerprint density at radius 3 is 3.00 bits per heavy atom. The van der Waals surface area contributed by atoms with Gasteiger partial charge in [0.25, 0.3) is 0 Å². The van der Waals surface area contributed by atoms with Crippen LogP contribution in [-0.2, 0) is 9.53 Å². The largest absolute Gasteiger partial charge is 0.482 e. The summed E-state index contributed by atoms with van der Waals surface area (Å²) in [4.78, 5) is 12.5. The van der Waals surface area contributed by atoms with E-state index in [1.807, 2.05) is 30.8 Å². The van der Waals surface area contributed by atoms with Crippen molar-refractivity contribution >= 4 is 17.7 Å². The topological polar surface area (TPSA) is 47.6 Å². The predicted octanol–water partition coefficient (Wildman–Crippen LogP) is 2.78.